The number of benzene rings is 2. The topological polar surface area (TPSA) is 77.1 Å². The second-order valence-corrected chi connectivity index (χ2v) is 7.39. The van der Waals surface area contributed by atoms with Gasteiger partial charge in [0.1, 0.15) is 11.1 Å². The number of nitrogens with zero attached hydrogens (tertiary/aromatic N) is 2. The van der Waals surface area contributed by atoms with Crippen molar-refractivity contribution in [2.24, 2.45) is 0 Å². The van der Waals surface area contributed by atoms with E-state index >= 15 is 0 Å². The van der Waals surface area contributed by atoms with E-state index in [1.807, 2.05) is 25.1 Å². The second kappa shape index (κ2) is 7.69. The Balaban J connectivity index is 1.64. The molecule has 0 saturated heterocycles. The molecule has 2 aromatic heterocycles. The molecule has 4 rings (SSSR count). The Morgan fingerprint density at radius 2 is 1.96 bits per heavy atom. The predicted octanol–water partition coefficient (Wildman–Crippen LogP) is 4.55. The first-order chi connectivity index (χ1) is 13.6. The van der Waals surface area contributed by atoms with E-state index in [1.165, 1.54) is 16.3 Å². The van der Waals surface area contributed by atoms with Crippen LogP contribution in [0.5, 0.6) is 0 Å². The lowest BCUT2D eigenvalue weighted by Crippen LogP contribution is -2.23. The zero-order valence-corrected chi connectivity index (χ0v) is 16.5. The van der Waals surface area contributed by atoms with Gasteiger partial charge in [-0.1, -0.05) is 47.6 Å². The first-order valence-corrected chi connectivity index (χ1v) is 10.0. The van der Waals surface area contributed by atoms with E-state index in [0.29, 0.717) is 33.5 Å². The molecule has 0 fully saturated rings. The van der Waals surface area contributed by atoms with Crippen molar-refractivity contribution in [1.82, 2.24) is 9.55 Å². The molecule has 0 saturated carbocycles. The van der Waals surface area contributed by atoms with E-state index in [1.54, 1.807) is 30.3 Å². The van der Waals surface area contributed by atoms with Gasteiger partial charge in [0.05, 0.1) is 16.5 Å². The summed E-state index contributed by atoms with van der Waals surface area (Å²) in [5.41, 5.74) is 1.65. The first-order valence-electron chi connectivity index (χ1n) is 8.67. The van der Waals surface area contributed by atoms with Gasteiger partial charge in [0.25, 0.3) is 5.56 Å². The summed E-state index contributed by atoms with van der Waals surface area (Å²) >= 11 is 7.27. The van der Waals surface area contributed by atoms with Crippen molar-refractivity contribution < 1.29 is 9.21 Å². The van der Waals surface area contributed by atoms with Crippen molar-refractivity contribution in [2.45, 2.75) is 18.6 Å². The molecule has 0 atom stereocenters. The Labute approximate surface area is 169 Å². The van der Waals surface area contributed by atoms with Crippen LogP contribution in [0.3, 0.4) is 0 Å². The third-order valence-electron chi connectivity index (χ3n) is 4.24. The van der Waals surface area contributed by atoms with E-state index in [2.05, 4.69) is 10.3 Å². The number of carbonyl (C=O) groups is 1. The second-order valence-electron chi connectivity index (χ2n) is 6.04. The summed E-state index contributed by atoms with van der Waals surface area (Å²) in [5, 5.41) is 4.49. The van der Waals surface area contributed by atoms with Gasteiger partial charge in [0, 0.05) is 11.9 Å². The van der Waals surface area contributed by atoms with Gasteiger partial charge in [-0.3, -0.25) is 14.2 Å². The summed E-state index contributed by atoms with van der Waals surface area (Å²) in [6.45, 7) is 2.28. The summed E-state index contributed by atoms with van der Waals surface area (Å²) in [6, 6.07) is 14.4. The minimum Gasteiger partial charge on any atom is -0.448 e. The van der Waals surface area contributed by atoms with Gasteiger partial charge in [0.2, 0.25) is 11.5 Å². The van der Waals surface area contributed by atoms with Crippen molar-refractivity contribution in [3.8, 4) is 0 Å². The SMILES string of the molecule is CCn1c(SCC(=O)Nc2ccccc2Cl)nc2c(oc3ccccc32)c1=O. The number of rotatable bonds is 5. The molecule has 4 aromatic rings. The summed E-state index contributed by atoms with van der Waals surface area (Å²) in [7, 11) is 0. The molecule has 0 aliphatic heterocycles. The fourth-order valence-electron chi connectivity index (χ4n) is 2.92. The summed E-state index contributed by atoms with van der Waals surface area (Å²) in [6.07, 6.45) is 0. The highest BCUT2D eigenvalue weighted by Gasteiger charge is 2.18. The van der Waals surface area contributed by atoms with Crippen molar-refractivity contribution in [2.75, 3.05) is 11.1 Å². The zero-order chi connectivity index (χ0) is 19.7. The zero-order valence-electron chi connectivity index (χ0n) is 14.9. The highest BCUT2D eigenvalue weighted by atomic mass is 35.5. The summed E-state index contributed by atoms with van der Waals surface area (Å²) in [4.78, 5) is 29.8. The number of furan rings is 1. The quantitative estimate of drug-likeness (QED) is 0.383. The molecule has 6 nitrogen and oxygen atoms in total. The van der Waals surface area contributed by atoms with Crippen LogP contribution in [0.1, 0.15) is 6.92 Å². The van der Waals surface area contributed by atoms with Crippen LogP contribution in [-0.4, -0.2) is 21.2 Å². The molecule has 2 heterocycles. The third kappa shape index (κ3) is 3.39. The van der Waals surface area contributed by atoms with Gasteiger partial charge >= 0.3 is 0 Å². The van der Waals surface area contributed by atoms with E-state index in [9.17, 15) is 9.59 Å². The first kappa shape index (κ1) is 18.6. The summed E-state index contributed by atoms with van der Waals surface area (Å²) < 4.78 is 7.21. The standard InChI is InChI=1S/C20H16ClN3O3S/c1-2-24-19(26)18-17(12-7-3-6-10-15(12)27-18)23-20(24)28-11-16(25)22-14-9-5-4-8-13(14)21/h3-10H,2,11H2,1H3,(H,22,25). The highest BCUT2D eigenvalue weighted by molar-refractivity contribution is 7.99. The summed E-state index contributed by atoms with van der Waals surface area (Å²) in [5.74, 6) is -0.133. The van der Waals surface area contributed by atoms with Gasteiger partial charge < -0.3 is 9.73 Å². The lowest BCUT2D eigenvalue weighted by molar-refractivity contribution is -0.113. The molecule has 1 N–H and O–H groups in total. The van der Waals surface area contributed by atoms with E-state index in [0.717, 1.165) is 5.39 Å². The smallest absolute Gasteiger partial charge is 0.297 e. The Hall–Kier alpha value is -2.77. The highest BCUT2D eigenvalue weighted by Crippen LogP contribution is 2.27. The van der Waals surface area contributed by atoms with Crippen molar-refractivity contribution in [3.63, 3.8) is 0 Å². The monoisotopic (exact) mass is 413 g/mol. The molecule has 0 bridgehead atoms. The van der Waals surface area contributed by atoms with Gasteiger partial charge in [-0.25, -0.2) is 4.98 Å². The van der Waals surface area contributed by atoms with Crippen LogP contribution in [0.4, 0.5) is 5.69 Å². The van der Waals surface area contributed by atoms with Crippen LogP contribution in [-0.2, 0) is 11.3 Å². The Morgan fingerprint density at radius 1 is 1.21 bits per heavy atom. The number of para-hydroxylation sites is 2. The number of fused-ring (bicyclic) bond motifs is 3. The van der Waals surface area contributed by atoms with Crippen LogP contribution < -0.4 is 10.9 Å². The number of carbonyl (C=O) groups excluding carboxylic acids is 1. The maximum atomic E-state index is 12.8. The fraction of sp³-hybridized carbons (Fsp3) is 0.150. The Kier molecular flexibility index (Phi) is 5.11. The number of hydrogen-bond donors (Lipinski definition) is 1. The number of hydrogen-bond acceptors (Lipinski definition) is 5. The molecule has 28 heavy (non-hydrogen) atoms. The molecular formula is C20H16ClN3O3S. The maximum Gasteiger partial charge on any atom is 0.297 e. The molecular weight excluding hydrogens is 398 g/mol. The normalized spacial score (nSPS) is 11.2. The van der Waals surface area contributed by atoms with Gasteiger partial charge in [-0.05, 0) is 31.2 Å². The predicted molar refractivity (Wildman–Crippen MR) is 112 cm³/mol. The minimum atomic E-state index is -0.252. The average molecular weight is 414 g/mol. The molecule has 1 amide bonds. The Bertz CT molecular complexity index is 1250. The number of halogens is 1. The largest absolute Gasteiger partial charge is 0.448 e. The number of nitrogens with one attached hydrogen (secondary N) is 1. The number of thioether (sulfide) groups is 1. The average Bonchev–Trinajstić information content (AvgIpc) is 3.07. The fourth-order valence-corrected chi connectivity index (χ4v) is 3.96. The molecule has 142 valence electrons. The Morgan fingerprint density at radius 3 is 2.75 bits per heavy atom. The number of aromatic nitrogens is 2. The molecule has 0 aliphatic carbocycles. The molecule has 2 aromatic carbocycles. The van der Waals surface area contributed by atoms with Crippen LogP contribution in [0.2, 0.25) is 5.02 Å². The van der Waals surface area contributed by atoms with E-state index in [-0.39, 0.29) is 22.8 Å². The molecule has 0 radical (unpaired) electrons. The lowest BCUT2D eigenvalue weighted by atomic mass is 10.2. The number of anilines is 1. The molecule has 8 heteroatoms. The van der Waals surface area contributed by atoms with Gasteiger partial charge in [-0.2, -0.15) is 0 Å². The van der Waals surface area contributed by atoms with E-state index < -0.39 is 0 Å². The van der Waals surface area contributed by atoms with Gasteiger partial charge in [-0.15, -0.1) is 0 Å². The van der Waals surface area contributed by atoms with Crippen molar-refractivity contribution in [3.05, 3.63) is 63.9 Å². The third-order valence-corrected chi connectivity index (χ3v) is 5.55. The van der Waals surface area contributed by atoms with Crippen molar-refractivity contribution in [1.29, 1.82) is 0 Å². The van der Waals surface area contributed by atoms with Crippen LogP contribution in [0, 0.1) is 0 Å². The van der Waals surface area contributed by atoms with Crippen LogP contribution in [0.25, 0.3) is 22.1 Å². The molecule has 0 aliphatic rings. The maximum absolute atomic E-state index is 12.8. The molecule has 0 spiro atoms. The van der Waals surface area contributed by atoms with E-state index in [4.69, 9.17) is 16.0 Å². The van der Waals surface area contributed by atoms with Crippen LogP contribution in [0.15, 0.2) is 62.9 Å². The number of amides is 1. The lowest BCUT2D eigenvalue weighted by Gasteiger charge is -2.10. The molecule has 0 unspecified atom stereocenters. The van der Waals surface area contributed by atoms with Crippen molar-refractivity contribution >= 4 is 57.0 Å². The minimum absolute atomic E-state index is 0.0962. The van der Waals surface area contributed by atoms with Gasteiger partial charge in [0.15, 0.2) is 5.16 Å². The van der Waals surface area contributed by atoms with Crippen LogP contribution >= 0.6 is 23.4 Å².